The molecule has 26 heavy (non-hydrogen) atoms. The van der Waals surface area contributed by atoms with Crippen LogP contribution in [-0.4, -0.2) is 47.7 Å². The van der Waals surface area contributed by atoms with E-state index in [1.54, 1.807) is 30.4 Å². The van der Waals surface area contributed by atoms with Crippen LogP contribution in [0.25, 0.3) is 0 Å². The summed E-state index contributed by atoms with van der Waals surface area (Å²) in [5, 5.41) is 0. The monoisotopic (exact) mass is 377 g/mol. The van der Waals surface area contributed by atoms with Gasteiger partial charge in [0.05, 0.1) is 0 Å². The van der Waals surface area contributed by atoms with E-state index in [1.807, 2.05) is 37.3 Å². The molecule has 0 spiro atoms. The summed E-state index contributed by atoms with van der Waals surface area (Å²) >= 11 is 0. The van der Waals surface area contributed by atoms with Crippen molar-refractivity contribution < 1.29 is 13.2 Å². The standard InChI is InChI=1S/C19H27N3O3S/c1-5-21(14-16-11-9-8-10-12-16)19(23)18-13-17(15-20(18)4)26(24,25)22(6-2)7-3/h8-13,15H,5-7,14H2,1-4H3. The lowest BCUT2D eigenvalue weighted by Gasteiger charge is -2.21. The van der Waals surface area contributed by atoms with Crippen LogP contribution in [0.15, 0.2) is 47.5 Å². The number of aromatic nitrogens is 1. The zero-order valence-corrected chi connectivity index (χ0v) is 16.7. The maximum atomic E-state index is 12.9. The van der Waals surface area contributed by atoms with Gasteiger partial charge in [-0.15, -0.1) is 0 Å². The molecule has 0 aliphatic carbocycles. The molecule has 0 saturated heterocycles. The van der Waals surface area contributed by atoms with E-state index in [4.69, 9.17) is 0 Å². The van der Waals surface area contributed by atoms with Crippen molar-refractivity contribution in [3.8, 4) is 0 Å². The Balaban J connectivity index is 2.30. The highest BCUT2D eigenvalue weighted by Crippen LogP contribution is 2.20. The van der Waals surface area contributed by atoms with Crippen LogP contribution < -0.4 is 0 Å². The summed E-state index contributed by atoms with van der Waals surface area (Å²) in [6.07, 6.45) is 1.51. The molecular weight excluding hydrogens is 350 g/mol. The summed E-state index contributed by atoms with van der Waals surface area (Å²) in [6, 6.07) is 11.2. The van der Waals surface area contributed by atoms with E-state index in [0.717, 1.165) is 5.56 Å². The van der Waals surface area contributed by atoms with E-state index in [9.17, 15) is 13.2 Å². The average Bonchev–Trinajstić information content (AvgIpc) is 3.03. The smallest absolute Gasteiger partial charge is 0.270 e. The third kappa shape index (κ3) is 4.16. The van der Waals surface area contributed by atoms with Gasteiger partial charge in [-0.05, 0) is 18.6 Å². The number of sulfonamides is 1. The minimum absolute atomic E-state index is 0.155. The molecule has 2 aromatic rings. The second-order valence-corrected chi connectivity index (χ2v) is 8.00. The Morgan fingerprint density at radius 1 is 1.04 bits per heavy atom. The quantitative estimate of drug-likeness (QED) is 0.711. The first-order chi connectivity index (χ1) is 12.3. The van der Waals surface area contributed by atoms with Crippen LogP contribution in [0.2, 0.25) is 0 Å². The van der Waals surface area contributed by atoms with Gasteiger partial charge >= 0.3 is 0 Å². The molecule has 0 N–H and O–H groups in total. The van der Waals surface area contributed by atoms with Crippen LogP contribution in [0.3, 0.4) is 0 Å². The average molecular weight is 378 g/mol. The molecule has 0 bridgehead atoms. The molecule has 2 rings (SSSR count). The first kappa shape index (κ1) is 20.2. The predicted octanol–water partition coefficient (Wildman–Crippen LogP) is 2.72. The predicted molar refractivity (Wildman–Crippen MR) is 102 cm³/mol. The molecule has 0 aliphatic heterocycles. The molecule has 0 saturated carbocycles. The largest absolute Gasteiger partial charge is 0.345 e. The summed E-state index contributed by atoms with van der Waals surface area (Å²) in [7, 11) is -1.89. The van der Waals surface area contributed by atoms with E-state index >= 15 is 0 Å². The summed E-state index contributed by atoms with van der Waals surface area (Å²) in [4.78, 5) is 14.8. The van der Waals surface area contributed by atoms with Crippen LogP contribution in [0.5, 0.6) is 0 Å². The molecule has 1 aromatic carbocycles. The minimum Gasteiger partial charge on any atom is -0.345 e. The molecule has 6 nitrogen and oxygen atoms in total. The number of nitrogens with zero attached hydrogens (tertiary/aromatic N) is 3. The fourth-order valence-corrected chi connectivity index (χ4v) is 4.42. The fourth-order valence-electron chi connectivity index (χ4n) is 2.89. The zero-order valence-electron chi connectivity index (χ0n) is 15.8. The molecule has 7 heteroatoms. The molecule has 0 aliphatic rings. The number of aryl methyl sites for hydroxylation is 1. The molecular formula is C19H27N3O3S. The second-order valence-electron chi connectivity index (χ2n) is 6.07. The Morgan fingerprint density at radius 2 is 1.65 bits per heavy atom. The van der Waals surface area contributed by atoms with Gasteiger partial charge in [0.15, 0.2) is 0 Å². The van der Waals surface area contributed by atoms with Gasteiger partial charge in [-0.25, -0.2) is 8.42 Å². The van der Waals surface area contributed by atoms with Crippen molar-refractivity contribution in [2.75, 3.05) is 19.6 Å². The summed E-state index contributed by atoms with van der Waals surface area (Å²) < 4.78 is 28.4. The van der Waals surface area contributed by atoms with E-state index in [1.165, 1.54) is 16.6 Å². The van der Waals surface area contributed by atoms with Crippen LogP contribution in [-0.2, 0) is 23.6 Å². The van der Waals surface area contributed by atoms with Gasteiger partial charge in [-0.3, -0.25) is 4.79 Å². The SMILES string of the molecule is CCN(Cc1ccccc1)C(=O)c1cc(S(=O)(=O)N(CC)CC)cn1C. The van der Waals surface area contributed by atoms with Gasteiger partial charge in [-0.1, -0.05) is 44.2 Å². The summed E-state index contributed by atoms with van der Waals surface area (Å²) in [5.74, 6) is -0.181. The highest BCUT2D eigenvalue weighted by molar-refractivity contribution is 7.89. The Hall–Kier alpha value is -2.12. The first-order valence-corrected chi connectivity index (χ1v) is 10.3. The number of benzene rings is 1. The number of carbonyl (C=O) groups is 1. The Labute approximate surface area is 156 Å². The molecule has 0 radical (unpaired) electrons. The van der Waals surface area contributed by atoms with Crippen LogP contribution in [0.4, 0.5) is 0 Å². The molecule has 1 aromatic heterocycles. The van der Waals surface area contributed by atoms with Crippen molar-refractivity contribution in [2.24, 2.45) is 7.05 Å². The van der Waals surface area contributed by atoms with Gasteiger partial charge in [0.25, 0.3) is 5.91 Å². The Bertz CT molecular complexity index is 840. The van der Waals surface area contributed by atoms with E-state index < -0.39 is 10.0 Å². The minimum atomic E-state index is -3.59. The highest BCUT2D eigenvalue weighted by Gasteiger charge is 2.26. The Kier molecular flexibility index (Phi) is 6.61. The van der Waals surface area contributed by atoms with Crippen LogP contribution in [0.1, 0.15) is 36.8 Å². The van der Waals surface area contributed by atoms with Gasteiger partial charge in [0.1, 0.15) is 10.6 Å². The lowest BCUT2D eigenvalue weighted by Crippen LogP contribution is -2.31. The van der Waals surface area contributed by atoms with Crippen molar-refractivity contribution in [1.82, 2.24) is 13.8 Å². The van der Waals surface area contributed by atoms with E-state index in [-0.39, 0.29) is 10.8 Å². The normalized spacial score (nSPS) is 11.7. The number of amides is 1. The van der Waals surface area contributed by atoms with Crippen LogP contribution in [0, 0.1) is 0 Å². The van der Waals surface area contributed by atoms with Gasteiger partial charge in [0.2, 0.25) is 10.0 Å². The maximum Gasteiger partial charge on any atom is 0.270 e. The molecule has 0 unspecified atom stereocenters. The lowest BCUT2D eigenvalue weighted by atomic mass is 10.2. The van der Waals surface area contributed by atoms with Crippen molar-refractivity contribution >= 4 is 15.9 Å². The van der Waals surface area contributed by atoms with Gasteiger partial charge in [-0.2, -0.15) is 4.31 Å². The maximum absolute atomic E-state index is 12.9. The second kappa shape index (κ2) is 8.51. The molecule has 0 atom stereocenters. The van der Waals surface area contributed by atoms with Crippen molar-refractivity contribution in [3.05, 3.63) is 53.9 Å². The van der Waals surface area contributed by atoms with E-state index in [2.05, 4.69) is 0 Å². The van der Waals surface area contributed by atoms with Gasteiger partial charge < -0.3 is 9.47 Å². The first-order valence-electron chi connectivity index (χ1n) is 8.84. The molecule has 0 fully saturated rings. The molecule has 142 valence electrons. The lowest BCUT2D eigenvalue weighted by molar-refractivity contribution is 0.0743. The van der Waals surface area contributed by atoms with E-state index in [0.29, 0.717) is 31.9 Å². The zero-order chi connectivity index (χ0) is 19.3. The number of hydrogen-bond donors (Lipinski definition) is 0. The highest BCUT2D eigenvalue weighted by atomic mass is 32.2. The fraction of sp³-hybridized carbons (Fsp3) is 0.421. The van der Waals surface area contributed by atoms with Crippen molar-refractivity contribution in [1.29, 1.82) is 0 Å². The van der Waals surface area contributed by atoms with Crippen molar-refractivity contribution in [2.45, 2.75) is 32.2 Å². The number of carbonyl (C=O) groups excluding carboxylic acids is 1. The summed E-state index contributed by atoms with van der Waals surface area (Å²) in [6.45, 7) is 7.33. The van der Waals surface area contributed by atoms with Gasteiger partial charge in [0, 0.05) is 39.4 Å². The topological polar surface area (TPSA) is 62.6 Å². The molecule has 1 amide bonds. The molecule has 1 heterocycles. The van der Waals surface area contributed by atoms with Crippen LogP contribution >= 0.6 is 0 Å². The number of hydrogen-bond acceptors (Lipinski definition) is 3. The third-order valence-corrected chi connectivity index (χ3v) is 6.44. The summed E-state index contributed by atoms with van der Waals surface area (Å²) in [5.41, 5.74) is 1.40. The number of rotatable bonds is 8. The van der Waals surface area contributed by atoms with Crippen molar-refractivity contribution in [3.63, 3.8) is 0 Å². The third-order valence-electron chi connectivity index (χ3n) is 4.43. The Morgan fingerprint density at radius 3 is 2.19 bits per heavy atom.